The van der Waals surface area contributed by atoms with E-state index < -0.39 is 18.2 Å². The third kappa shape index (κ3) is 4.42. The Kier molecular flexibility index (Phi) is 5.59. The van der Waals surface area contributed by atoms with Gasteiger partial charge < -0.3 is 15.3 Å². The molecule has 0 fully saturated rings. The molecule has 2 atom stereocenters. The first-order valence-electron chi connectivity index (χ1n) is 5.32. The van der Waals surface area contributed by atoms with Gasteiger partial charge >= 0.3 is 5.97 Å². The van der Waals surface area contributed by atoms with Gasteiger partial charge in [-0.05, 0) is 28.8 Å². The lowest BCUT2D eigenvalue weighted by atomic mass is 9.96. The summed E-state index contributed by atoms with van der Waals surface area (Å²) < 4.78 is 0. The van der Waals surface area contributed by atoms with Crippen LogP contribution in [-0.2, 0) is 11.2 Å². The molecule has 0 spiro atoms. The molecule has 0 heterocycles. The number of aliphatic hydroxyl groups is 2. The number of hydrogen-bond acceptors (Lipinski definition) is 4. The highest BCUT2D eigenvalue weighted by molar-refractivity contribution is 6.30. The van der Waals surface area contributed by atoms with Crippen LogP contribution >= 0.6 is 11.6 Å². The fourth-order valence-corrected chi connectivity index (χ4v) is 1.80. The van der Waals surface area contributed by atoms with E-state index in [1.54, 1.807) is 0 Å². The van der Waals surface area contributed by atoms with Gasteiger partial charge in [-0.15, -0.1) is 0 Å². The largest absolute Gasteiger partial charge is 0.481 e. The van der Waals surface area contributed by atoms with Gasteiger partial charge in [0, 0.05) is 9.93 Å². The molecule has 19 heavy (non-hydrogen) atoms. The molecule has 0 aliphatic carbocycles. The zero-order valence-electron chi connectivity index (χ0n) is 9.77. The van der Waals surface area contributed by atoms with E-state index in [9.17, 15) is 15.0 Å². The molecule has 7 nitrogen and oxygen atoms in total. The molecule has 0 aromatic heterocycles. The van der Waals surface area contributed by atoms with Gasteiger partial charge in [0.1, 0.15) is 6.10 Å². The number of aliphatic hydroxyl groups excluding tert-OH is 2. The van der Waals surface area contributed by atoms with Crippen LogP contribution in [0.15, 0.2) is 23.3 Å². The number of halogens is 1. The molecule has 0 saturated heterocycles. The van der Waals surface area contributed by atoms with Crippen LogP contribution in [0.2, 0.25) is 5.02 Å². The molecule has 0 aliphatic heterocycles. The highest BCUT2D eigenvalue weighted by atomic mass is 35.5. The fourth-order valence-electron chi connectivity index (χ4n) is 1.61. The van der Waals surface area contributed by atoms with Crippen molar-refractivity contribution in [1.82, 2.24) is 0 Å². The van der Waals surface area contributed by atoms with Gasteiger partial charge in [-0.2, -0.15) is 0 Å². The molecule has 0 saturated carbocycles. The Hall–Kier alpha value is -1.79. The van der Waals surface area contributed by atoms with Crippen LogP contribution in [0.25, 0.3) is 10.4 Å². The second-order valence-electron chi connectivity index (χ2n) is 3.84. The molecule has 102 valence electrons. The van der Waals surface area contributed by atoms with E-state index in [-0.39, 0.29) is 18.5 Å². The molecule has 8 heteroatoms. The highest BCUT2D eigenvalue weighted by Gasteiger charge is 2.21. The van der Waals surface area contributed by atoms with Crippen molar-refractivity contribution in [3.63, 3.8) is 0 Å². The summed E-state index contributed by atoms with van der Waals surface area (Å²) in [7, 11) is 0. The molecule has 1 aromatic rings. The Bertz CT molecular complexity index is 517. The van der Waals surface area contributed by atoms with Crippen molar-refractivity contribution < 1.29 is 20.1 Å². The summed E-state index contributed by atoms with van der Waals surface area (Å²) in [6, 6.07) is 4.32. The molecule has 3 N–H and O–H groups in total. The molecule has 0 amide bonds. The lowest BCUT2D eigenvalue weighted by molar-refractivity contribution is -0.136. The van der Waals surface area contributed by atoms with Crippen LogP contribution in [0.3, 0.4) is 0 Å². The van der Waals surface area contributed by atoms with E-state index in [1.165, 1.54) is 18.2 Å². The van der Waals surface area contributed by atoms with Crippen molar-refractivity contribution in [1.29, 1.82) is 0 Å². The third-order valence-corrected chi connectivity index (χ3v) is 2.70. The number of carbonyl (C=O) groups is 1. The Morgan fingerprint density at radius 1 is 1.47 bits per heavy atom. The van der Waals surface area contributed by atoms with Gasteiger partial charge in [0.25, 0.3) is 0 Å². The zero-order chi connectivity index (χ0) is 14.4. The molecular formula is C11H12ClN3O4. The van der Waals surface area contributed by atoms with Crippen LogP contribution in [0.1, 0.15) is 17.2 Å². The summed E-state index contributed by atoms with van der Waals surface area (Å²) in [6.07, 6.45) is -3.00. The van der Waals surface area contributed by atoms with Gasteiger partial charge in [-0.3, -0.25) is 4.79 Å². The van der Waals surface area contributed by atoms with E-state index in [2.05, 4.69) is 10.0 Å². The number of rotatable bonds is 6. The summed E-state index contributed by atoms with van der Waals surface area (Å²) >= 11 is 5.76. The number of azide groups is 1. The van der Waals surface area contributed by atoms with E-state index in [0.29, 0.717) is 10.6 Å². The first kappa shape index (κ1) is 15.3. The van der Waals surface area contributed by atoms with Crippen molar-refractivity contribution in [2.24, 2.45) is 5.11 Å². The highest BCUT2D eigenvalue weighted by Crippen LogP contribution is 2.25. The maximum Gasteiger partial charge on any atom is 0.307 e. The molecule has 2 unspecified atom stereocenters. The summed E-state index contributed by atoms with van der Waals surface area (Å²) in [4.78, 5) is 13.2. The number of nitrogens with zero attached hydrogens (tertiary/aromatic N) is 3. The Balaban J connectivity index is 3.03. The van der Waals surface area contributed by atoms with Crippen LogP contribution in [-0.4, -0.2) is 33.9 Å². The molecule has 0 radical (unpaired) electrons. The first-order chi connectivity index (χ1) is 8.95. The van der Waals surface area contributed by atoms with Gasteiger partial charge in [0.05, 0.1) is 19.1 Å². The topological polar surface area (TPSA) is 127 Å². The second kappa shape index (κ2) is 6.96. The standard InChI is InChI=1S/C11H12ClN3O4/c12-7-1-2-8(6(3-7)4-10(17)18)11(19)9(16)5-14-15-13/h1-3,9,11,16,19H,4-5H2,(H,17,18). The minimum Gasteiger partial charge on any atom is -0.481 e. The number of benzene rings is 1. The maximum absolute atomic E-state index is 10.7. The first-order valence-corrected chi connectivity index (χ1v) is 5.70. The van der Waals surface area contributed by atoms with Crippen LogP contribution in [0, 0.1) is 0 Å². The lowest BCUT2D eigenvalue weighted by Crippen LogP contribution is -2.22. The molecule has 1 rings (SSSR count). The van der Waals surface area contributed by atoms with Crippen molar-refractivity contribution in [2.45, 2.75) is 18.6 Å². The van der Waals surface area contributed by atoms with Gasteiger partial charge in [0.15, 0.2) is 0 Å². The van der Waals surface area contributed by atoms with E-state index >= 15 is 0 Å². The zero-order valence-corrected chi connectivity index (χ0v) is 10.5. The maximum atomic E-state index is 10.7. The lowest BCUT2D eigenvalue weighted by Gasteiger charge is -2.19. The molecule has 0 aliphatic rings. The summed E-state index contributed by atoms with van der Waals surface area (Å²) in [5.41, 5.74) is 8.69. The predicted octanol–water partition coefficient (Wildman–Crippen LogP) is 1.67. The summed E-state index contributed by atoms with van der Waals surface area (Å²) in [5.74, 6) is -1.08. The molecular weight excluding hydrogens is 274 g/mol. The van der Waals surface area contributed by atoms with Gasteiger partial charge in [-0.1, -0.05) is 22.8 Å². The Morgan fingerprint density at radius 2 is 2.16 bits per heavy atom. The van der Waals surface area contributed by atoms with Gasteiger partial charge in [-0.25, -0.2) is 0 Å². The summed E-state index contributed by atoms with van der Waals surface area (Å²) in [6.45, 7) is -0.313. The van der Waals surface area contributed by atoms with Crippen LogP contribution in [0.5, 0.6) is 0 Å². The molecule has 0 bridgehead atoms. The fraction of sp³-hybridized carbons (Fsp3) is 0.364. The third-order valence-electron chi connectivity index (χ3n) is 2.46. The Morgan fingerprint density at radius 3 is 2.74 bits per heavy atom. The second-order valence-corrected chi connectivity index (χ2v) is 4.28. The number of hydrogen-bond donors (Lipinski definition) is 3. The monoisotopic (exact) mass is 285 g/mol. The van der Waals surface area contributed by atoms with Crippen LogP contribution < -0.4 is 0 Å². The van der Waals surface area contributed by atoms with Crippen molar-refractivity contribution in [3.8, 4) is 0 Å². The summed E-state index contributed by atoms with van der Waals surface area (Å²) in [5, 5.41) is 31.8. The van der Waals surface area contributed by atoms with Crippen molar-refractivity contribution in [2.75, 3.05) is 6.54 Å². The number of carboxylic acid groups (broad SMARTS) is 1. The number of carboxylic acids is 1. The predicted molar refractivity (Wildman–Crippen MR) is 67.8 cm³/mol. The molecule has 1 aromatic carbocycles. The van der Waals surface area contributed by atoms with E-state index in [4.69, 9.17) is 22.2 Å². The average Bonchev–Trinajstić information content (AvgIpc) is 2.34. The number of aliphatic carboxylic acids is 1. The minimum atomic E-state index is -1.35. The van der Waals surface area contributed by atoms with E-state index in [1.807, 2.05) is 0 Å². The van der Waals surface area contributed by atoms with Crippen molar-refractivity contribution >= 4 is 17.6 Å². The van der Waals surface area contributed by atoms with Crippen LogP contribution in [0.4, 0.5) is 0 Å². The van der Waals surface area contributed by atoms with Crippen molar-refractivity contribution in [3.05, 3.63) is 44.8 Å². The van der Waals surface area contributed by atoms with E-state index in [0.717, 1.165) is 0 Å². The smallest absolute Gasteiger partial charge is 0.307 e. The quantitative estimate of drug-likeness (QED) is 0.417. The SMILES string of the molecule is [N-]=[N+]=NCC(O)C(O)c1ccc(Cl)cc1CC(=O)O. The van der Waals surface area contributed by atoms with Gasteiger partial charge in [0.2, 0.25) is 0 Å². The average molecular weight is 286 g/mol. The Labute approximate surface area is 113 Å². The normalized spacial score (nSPS) is 13.4. The minimum absolute atomic E-state index is 0.243.